The van der Waals surface area contributed by atoms with Crippen molar-refractivity contribution in [3.63, 3.8) is 0 Å². The SMILES string of the molecule is CCN(CC)CCN(C(=O)CCCSc1ccc(C)cc1)c1nc2c(OC)cccc2s1. The summed E-state index contributed by atoms with van der Waals surface area (Å²) in [7, 11) is 1.66. The van der Waals surface area contributed by atoms with Crippen molar-refractivity contribution in [2.24, 2.45) is 0 Å². The lowest BCUT2D eigenvalue weighted by atomic mass is 10.2. The lowest BCUT2D eigenvalue weighted by Gasteiger charge is -2.24. The number of para-hydroxylation sites is 1. The number of carbonyl (C=O) groups excluding carboxylic acids is 1. The number of hydrogen-bond donors (Lipinski definition) is 0. The van der Waals surface area contributed by atoms with E-state index in [4.69, 9.17) is 9.72 Å². The number of ether oxygens (including phenoxy) is 1. The number of aryl methyl sites for hydroxylation is 1. The third-order valence-corrected chi connectivity index (χ3v) is 7.62. The van der Waals surface area contributed by atoms with Gasteiger partial charge in [-0.1, -0.05) is 48.9 Å². The maximum absolute atomic E-state index is 13.3. The lowest BCUT2D eigenvalue weighted by Crippen LogP contribution is -2.38. The number of benzene rings is 2. The minimum Gasteiger partial charge on any atom is -0.494 e. The molecule has 0 unspecified atom stereocenters. The molecule has 1 aromatic heterocycles. The second-order valence-electron chi connectivity index (χ2n) is 7.64. The van der Waals surface area contributed by atoms with Gasteiger partial charge in [-0.15, -0.1) is 11.8 Å². The first-order chi connectivity index (χ1) is 15.5. The summed E-state index contributed by atoms with van der Waals surface area (Å²) in [6.45, 7) is 9.83. The van der Waals surface area contributed by atoms with E-state index in [1.165, 1.54) is 10.5 Å². The number of fused-ring (bicyclic) bond motifs is 1. The van der Waals surface area contributed by atoms with Crippen molar-refractivity contribution in [3.8, 4) is 5.75 Å². The Labute approximate surface area is 199 Å². The highest BCUT2D eigenvalue weighted by Crippen LogP contribution is 2.34. The number of hydrogen-bond acceptors (Lipinski definition) is 6. The highest BCUT2D eigenvalue weighted by atomic mass is 32.2. The van der Waals surface area contributed by atoms with Crippen LogP contribution in [0.2, 0.25) is 0 Å². The first-order valence-electron chi connectivity index (χ1n) is 11.2. The lowest BCUT2D eigenvalue weighted by molar-refractivity contribution is -0.118. The maximum atomic E-state index is 13.3. The summed E-state index contributed by atoms with van der Waals surface area (Å²) < 4.78 is 6.51. The quantitative estimate of drug-likeness (QED) is 0.244. The third kappa shape index (κ3) is 6.47. The van der Waals surface area contributed by atoms with Crippen molar-refractivity contribution < 1.29 is 9.53 Å². The van der Waals surface area contributed by atoms with Gasteiger partial charge < -0.3 is 9.64 Å². The van der Waals surface area contributed by atoms with E-state index in [0.29, 0.717) is 13.0 Å². The first-order valence-corrected chi connectivity index (χ1v) is 13.0. The number of aromatic nitrogens is 1. The van der Waals surface area contributed by atoms with E-state index in [1.807, 2.05) is 23.1 Å². The van der Waals surface area contributed by atoms with Gasteiger partial charge in [0.1, 0.15) is 11.3 Å². The Morgan fingerprint density at radius 3 is 2.53 bits per heavy atom. The van der Waals surface area contributed by atoms with Crippen LogP contribution in [0.1, 0.15) is 32.3 Å². The molecule has 0 spiro atoms. The van der Waals surface area contributed by atoms with Gasteiger partial charge in [0.05, 0.1) is 11.8 Å². The standard InChI is InChI=1S/C25H33N3O2S2/c1-5-27(6-2)16-17-28(25-26-24-21(30-4)9-7-10-22(24)32-25)23(29)11-8-18-31-20-14-12-19(3)13-15-20/h7,9-10,12-15H,5-6,8,11,16-18H2,1-4H3. The molecule has 0 saturated carbocycles. The van der Waals surface area contributed by atoms with Gasteiger partial charge in [0.25, 0.3) is 0 Å². The van der Waals surface area contributed by atoms with Crippen molar-refractivity contribution >= 4 is 44.4 Å². The third-order valence-electron chi connectivity index (χ3n) is 5.48. The molecule has 32 heavy (non-hydrogen) atoms. The predicted octanol–water partition coefficient (Wildman–Crippen LogP) is 5.86. The molecule has 0 N–H and O–H groups in total. The molecule has 2 aromatic carbocycles. The number of nitrogens with zero attached hydrogens (tertiary/aromatic N) is 3. The first kappa shape index (κ1) is 24.6. The van der Waals surface area contributed by atoms with E-state index in [2.05, 4.69) is 49.9 Å². The van der Waals surface area contributed by atoms with E-state index >= 15 is 0 Å². The minimum absolute atomic E-state index is 0.139. The van der Waals surface area contributed by atoms with Gasteiger partial charge in [0.15, 0.2) is 5.13 Å². The topological polar surface area (TPSA) is 45.7 Å². The molecule has 0 aliphatic carbocycles. The van der Waals surface area contributed by atoms with Gasteiger partial charge in [-0.05, 0) is 56.5 Å². The van der Waals surface area contributed by atoms with Gasteiger partial charge in [0.2, 0.25) is 5.91 Å². The van der Waals surface area contributed by atoms with Gasteiger partial charge in [-0.25, -0.2) is 4.98 Å². The maximum Gasteiger partial charge on any atom is 0.228 e. The van der Waals surface area contributed by atoms with E-state index in [0.717, 1.165) is 52.9 Å². The van der Waals surface area contributed by atoms with Crippen LogP contribution < -0.4 is 9.64 Å². The fourth-order valence-electron chi connectivity index (χ4n) is 3.48. The van der Waals surface area contributed by atoms with Crippen LogP contribution in [0, 0.1) is 6.92 Å². The fraction of sp³-hybridized carbons (Fsp3) is 0.440. The largest absolute Gasteiger partial charge is 0.494 e. The van der Waals surface area contributed by atoms with Gasteiger partial charge in [-0.2, -0.15) is 0 Å². The predicted molar refractivity (Wildman–Crippen MR) is 137 cm³/mol. The Bertz CT molecular complexity index is 1000. The second-order valence-corrected chi connectivity index (χ2v) is 9.82. The summed E-state index contributed by atoms with van der Waals surface area (Å²) in [5.74, 6) is 1.81. The molecule has 0 aliphatic rings. The highest BCUT2D eigenvalue weighted by molar-refractivity contribution is 7.99. The Hall–Kier alpha value is -2.09. The van der Waals surface area contributed by atoms with E-state index in [-0.39, 0.29) is 5.91 Å². The normalized spacial score (nSPS) is 11.3. The fourth-order valence-corrected chi connectivity index (χ4v) is 5.36. The number of thiazole rings is 1. The Balaban J connectivity index is 1.68. The van der Waals surface area contributed by atoms with E-state index in [9.17, 15) is 4.79 Å². The molecule has 0 fully saturated rings. The molecule has 7 heteroatoms. The van der Waals surface area contributed by atoms with Crippen molar-refractivity contribution in [1.82, 2.24) is 9.88 Å². The van der Waals surface area contributed by atoms with Crippen LogP contribution in [-0.4, -0.2) is 54.8 Å². The number of thioether (sulfide) groups is 1. The molecule has 0 saturated heterocycles. The van der Waals surface area contributed by atoms with Crippen molar-refractivity contribution in [2.75, 3.05) is 43.9 Å². The number of rotatable bonds is 12. The smallest absolute Gasteiger partial charge is 0.228 e. The van der Waals surface area contributed by atoms with E-state index < -0.39 is 0 Å². The second kappa shape index (κ2) is 12.2. The minimum atomic E-state index is 0.139. The zero-order chi connectivity index (χ0) is 22.9. The number of methoxy groups -OCH3 is 1. The van der Waals surface area contributed by atoms with Crippen molar-refractivity contribution in [2.45, 2.75) is 38.5 Å². The van der Waals surface area contributed by atoms with Gasteiger partial charge >= 0.3 is 0 Å². The molecule has 5 nitrogen and oxygen atoms in total. The van der Waals surface area contributed by atoms with Crippen molar-refractivity contribution in [3.05, 3.63) is 48.0 Å². The monoisotopic (exact) mass is 471 g/mol. The van der Waals surface area contributed by atoms with Crippen LogP contribution in [-0.2, 0) is 4.79 Å². The average molecular weight is 472 g/mol. The van der Waals surface area contributed by atoms with Crippen LogP contribution >= 0.6 is 23.1 Å². The summed E-state index contributed by atoms with van der Waals surface area (Å²) in [4.78, 5) is 23.5. The highest BCUT2D eigenvalue weighted by Gasteiger charge is 2.21. The summed E-state index contributed by atoms with van der Waals surface area (Å²) in [5.41, 5.74) is 2.09. The molecule has 0 bridgehead atoms. The van der Waals surface area contributed by atoms with E-state index in [1.54, 1.807) is 30.2 Å². The van der Waals surface area contributed by atoms with Crippen LogP contribution in [0.4, 0.5) is 5.13 Å². The number of anilines is 1. The Kier molecular flexibility index (Phi) is 9.38. The van der Waals surface area contributed by atoms with Gasteiger partial charge in [-0.3, -0.25) is 9.69 Å². The zero-order valence-electron chi connectivity index (χ0n) is 19.5. The summed E-state index contributed by atoms with van der Waals surface area (Å²) >= 11 is 3.36. The molecular formula is C25H33N3O2S2. The van der Waals surface area contributed by atoms with Crippen molar-refractivity contribution in [1.29, 1.82) is 0 Å². The molecule has 1 heterocycles. The molecule has 172 valence electrons. The number of carbonyl (C=O) groups is 1. The molecule has 0 atom stereocenters. The molecule has 1 amide bonds. The Morgan fingerprint density at radius 2 is 1.84 bits per heavy atom. The molecule has 3 rings (SSSR count). The van der Waals surface area contributed by atoms with Crippen LogP contribution in [0.25, 0.3) is 10.2 Å². The van der Waals surface area contributed by atoms with Crippen LogP contribution in [0.15, 0.2) is 47.4 Å². The molecule has 0 radical (unpaired) electrons. The summed E-state index contributed by atoms with van der Waals surface area (Å²) in [6, 6.07) is 14.5. The Morgan fingerprint density at radius 1 is 1.09 bits per heavy atom. The van der Waals surface area contributed by atoms with Crippen LogP contribution in [0.3, 0.4) is 0 Å². The molecular weight excluding hydrogens is 438 g/mol. The average Bonchev–Trinajstić information content (AvgIpc) is 3.24. The number of likely N-dealkylation sites (N-methyl/N-ethyl adjacent to an activating group) is 1. The van der Waals surface area contributed by atoms with Gasteiger partial charge in [0, 0.05) is 24.4 Å². The molecule has 0 aliphatic heterocycles. The summed E-state index contributed by atoms with van der Waals surface area (Å²) in [5, 5.41) is 0.757. The van der Waals surface area contributed by atoms with Crippen LogP contribution in [0.5, 0.6) is 5.75 Å². The summed E-state index contributed by atoms with van der Waals surface area (Å²) in [6.07, 6.45) is 1.36. The number of amides is 1. The molecule has 3 aromatic rings. The zero-order valence-corrected chi connectivity index (χ0v) is 21.1.